The Morgan fingerprint density at radius 2 is 1.81 bits per heavy atom. The standard InChI is InChI=1S/C18H18N2O/c19-16(11-6-2-1-3-7-11)18(21)20-17-14-10-12-8-4-5-9-13(12)15(14)17/h1-9,14-17H,10,19H2,(H,20,21). The molecular weight excluding hydrogens is 260 g/mol. The quantitative estimate of drug-likeness (QED) is 0.903. The Hall–Kier alpha value is -2.13. The maximum absolute atomic E-state index is 12.3. The van der Waals surface area contributed by atoms with E-state index < -0.39 is 6.04 Å². The predicted molar refractivity (Wildman–Crippen MR) is 81.7 cm³/mol. The summed E-state index contributed by atoms with van der Waals surface area (Å²) < 4.78 is 0. The number of amides is 1. The summed E-state index contributed by atoms with van der Waals surface area (Å²) in [6, 6.07) is 17.8. The van der Waals surface area contributed by atoms with Crippen molar-refractivity contribution in [1.82, 2.24) is 5.32 Å². The SMILES string of the molecule is NC(C(=O)NC1C2Cc3ccccc3C21)c1ccccc1. The van der Waals surface area contributed by atoms with Gasteiger partial charge in [-0.25, -0.2) is 0 Å². The third kappa shape index (κ3) is 2.05. The minimum Gasteiger partial charge on any atom is -0.351 e. The molecule has 4 rings (SSSR count). The number of fused-ring (bicyclic) bond motifs is 3. The molecule has 3 heteroatoms. The number of carbonyl (C=O) groups is 1. The zero-order valence-corrected chi connectivity index (χ0v) is 11.7. The van der Waals surface area contributed by atoms with Gasteiger partial charge in [-0.2, -0.15) is 0 Å². The zero-order chi connectivity index (χ0) is 14.4. The first-order valence-electron chi connectivity index (χ1n) is 7.44. The van der Waals surface area contributed by atoms with Gasteiger partial charge in [0, 0.05) is 12.0 Å². The normalized spacial score (nSPS) is 26.6. The van der Waals surface area contributed by atoms with Crippen molar-refractivity contribution in [2.24, 2.45) is 11.7 Å². The molecule has 0 saturated heterocycles. The third-order valence-corrected chi connectivity index (χ3v) is 4.79. The molecule has 0 radical (unpaired) electrons. The van der Waals surface area contributed by atoms with Gasteiger partial charge in [0.15, 0.2) is 0 Å². The molecule has 2 aliphatic rings. The number of hydrogen-bond acceptors (Lipinski definition) is 2. The fourth-order valence-electron chi connectivity index (χ4n) is 3.61. The fourth-order valence-corrected chi connectivity index (χ4v) is 3.61. The van der Waals surface area contributed by atoms with Gasteiger partial charge >= 0.3 is 0 Å². The summed E-state index contributed by atoms with van der Waals surface area (Å²) in [5, 5.41) is 3.13. The van der Waals surface area contributed by atoms with Crippen LogP contribution in [-0.4, -0.2) is 11.9 Å². The van der Waals surface area contributed by atoms with Gasteiger partial charge in [-0.15, -0.1) is 0 Å². The molecule has 3 nitrogen and oxygen atoms in total. The molecule has 1 fully saturated rings. The highest BCUT2D eigenvalue weighted by atomic mass is 16.2. The zero-order valence-electron chi connectivity index (χ0n) is 11.7. The lowest BCUT2D eigenvalue weighted by atomic mass is 10.0. The van der Waals surface area contributed by atoms with Gasteiger partial charge in [0.05, 0.1) is 0 Å². The molecule has 1 saturated carbocycles. The van der Waals surface area contributed by atoms with Gasteiger partial charge in [-0.3, -0.25) is 4.79 Å². The van der Waals surface area contributed by atoms with Crippen molar-refractivity contribution in [2.45, 2.75) is 24.4 Å². The number of hydrogen-bond donors (Lipinski definition) is 2. The largest absolute Gasteiger partial charge is 0.351 e. The smallest absolute Gasteiger partial charge is 0.241 e. The topological polar surface area (TPSA) is 55.1 Å². The van der Waals surface area contributed by atoms with E-state index in [4.69, 9.17) is 5.73 Å². The number of carbonyl (C=O) groups excluding carboxylic acids is 1. The van der Waals surface area contributed by atoms with Crippen LogP contribution in [0.25, 0.3) is 0 Å². The van der Waals surface area contributed by atoms with E-state index in [1.807, 2.05) is 30.3 Å². The van der Waals surface area contributed by atoms with Crippen LogP contribution in [0, 0.1) is 5.92 Å². The van der Waals surface area contributed by atoms with E-state index in [0.717, 1.165) is 12.0 Å². The summed E-state index contributed by atoms with van der Waals surface area (Å²) in [5.74, 6) is 0.987. The highest BCUT2D eigenvalue weighted by molar-refractivity contribution is 5.84. The van der Waals surface area contributed by atoms with Gasteiger partial charge in [0.2, 0.25) is 5.91 Å². The van der Waals surface area contributed by atoms with E-state index in [1.165, 1.54) is 11.1 Å². The van der Waals surface area contributed by atoms with Crippen molar-refractivity contribution < 1.29 is 4.79 Å². The molecule has 4 unspecified atom stereocenters. The van der Waals surface area contributed by atoms with Crippen LogP contribution in [0.5, 0.6) is 0 Å². The third-order valence-electron chi connectivity index (χ3n) is 4.79. The summed E-state index contributed by atoms with van der Waals surface area (Å²) in [4.78, 5) is 12.3. The van der Waals surface area contributed by atoms with Crippen LogP contribution in [-0.2, 0) is 11.2 Å². The second-order valence-electron chi connectivity index (χ2n) is 6.02. The highest BCUT2D eigenvalue weighted by Gasteiger charge is 2.56. The summed E-state index contributed by atoms with van der Waals surface area (Å²) in [6.45, 7) is 0. The van der Waals surface area contributed by atoms with Crippen LogP contribution in [0.2, 0.25) is 0 Å². The van der Waals surface area contributed by atoms with Gasteiger partial charge in [-0.1, -0.05) is 54.6 Å². The van der Waals surface area contributed by atoms with Crippen molar-refractivity contribution in [2.75, 3.05) is 0 Å². The first kappa shape index (κ1) is 12.6. The predicted octanol–water partition coefficient (Wildman–Crippen LogP) is 2.14. The summed E-state index contributed by atoms with van der Waals surface area (Å²) in [6.07, 6.45) is 1.08. The van der Waals surface area contributed by atoms with Gasteiger partial charge in [0.25, 0.3) is 0 Å². The average molecular weight is 278 g/mol. The minimum atomic E-state index is -0.581. The molecule has 2 aliphatic carbocycles. The van der Waals surface area contributed by atoms with Gasteiger partial charge < -0.3 is 11.1 Å². The van der Waals surface area contributed by atoms with E-state index in [1.54, 1.807) is 0 Å². The van der Waals surface area contributed by atoms with E-state index in [0.29, 0.717) is 11.8 Å². The van der Waals surface area contributed by atoms with Crippen molar-refractivity contribution in [3.63, 3.8) is 0 Å². The second kappa shape index (κ2) is 4.71. The molecule has 106 valence electrons. The summed E-state index contributed by atoms with van der Waals surface area (Å²) >= 11 is 0. The fraction of sp³-hybridized carbons (Fsp3) is 0.278. The lowest BCUT2D eigenvalue weighted by molar-refractivity contribution is -0.122. The molecule has 4 atom stereocenters. The first-order chi connectivity index (χ1) is 10.3. The Morgan fingerprint density at radius 1 is 1.10 bits per heavy atom. The highest BCUT2D eigenvalue weighted by Crippen LogP contribution is 2.56. The Labute approximate surface area is 124 Å². The Kier molecular flexibility index (Phi) is 2.82. The molecule has 21 heavy (non-hydrogen) atoms. The first-order valence-corrected chi connectivity index (χ1v) is 7.44. The molecule has 1 amide bonds. The second-order valence-corrected chi connectivity index (χ2v) is 6.02. The number of benzene rings is 2. The minimum absolute atomic E-state index is 0.0712. The van der Waals surface area contributed by atoms with E-state index >= 15 is 0 Å². The van der Waals surface area contributed by atoms with Crippen molar-refractivity contribution in [3.05, 3.63) is 71.3 Å². The Bertz CT molecular complexity index is 683. The lowest BCUT2D eigenvalue weighted by Gasteiger charge is -2.14. The van der Waals surface area contributed by atoms with E-state index in [9.17, 15) is 4.79 Å². The molecule has 0 spiro atoms. The number of nitrogens with one attached hydrogen (secondary N) is 1. The van der Waals surface area contributed by atoms with Crippen molar-refractivity contribution >= 4 is 5.91 Å². The Balaban J connectivity index is 1.44. The van der Waals surface area contributed by atoms with Crippen LogP contribution < -0.4 is 11.1 Å². The van der Waals surface area contributed by atoms with Crippen LogP contribution in [0.4, 0.5) is 0 Å². The molecule has 0 aliphatic heterocycles. The molecule has 2 aromatic carbocycles. The molecule has 2 aromatic rings. The van der Waals surface area contributed by atoms with Crippen LogP contribution in [0.15, 0.2) is 54.6 Å². The summed E-state index contributed by atoms with van der Waals surface area (Å²) in [5.41, 5.74) is 9.75. The van der Waals surface area contributed by atoms with Gasteiger partial charge in [0.1, 0.15) is 6.04 Å². The lowest BCUT2D eigenvalue weighted by Crippen LogP contribution is -2.37. The molecule has 0 heterocycles. The molecular formula is C18H18N2O. The van der Waals surface area contributed by atoms with Crippen LogP contribution in [0.3, 0.4) is 0 Å². The number of nitrogens with two attached hydrogens (primary N) is 1. The van der Waals surface area contributed by atoms with Crippen molar-refractivity contribution in [1.29, 1.82) is 0 Å². The maximum atomic E-state index is 12.3. The van der Waals surface area contributed by atoms with Crippen LogP contribution >= 0.6 is 0 Å². The van der Waals surface area contributed by atoms with Crippen molar-refractivity contribution in [3.8, 4) is 0 Å². The van der Waals surface area contributed by atoms with Crippen LogP contribution in [0.1, 0.15) is 28.7 Å². The average Bonchev–Trinajstić information content (AvgIpc) is 3.04. The maximum Gasteiger partial charge on any atom is 0.241 e. The molecule has 3 N–H and O–H groups in total. The van der Waals surface area contributed by atoms with E-state index in [2.05, 4.69) is 29.6 Å². The Morgan fingerprint density at radius 3 is 2.62 bits per heavy atom. The molecule has 0 bridgehead atoms. The number of rotatable bonds is 3. The van der Waals surface area contributed by atoms with Gasteiger partial charge in [-0.05, 0) is 29.0 Å². The monoisotopic (exact) mass is 278 g/mol. The molecule has 0 aromatic heterocycles. The summed E-state index contributed by atoms with van der Waals surface area (Å²) in [7, 11) is 0. The van der Waals surface area contributed by atoms with E-state index in [-0.39, 0.29) is 11.9 Å².